The van der Waals surface area contributed by atoms with Crippen LogP contribution in [0, 0.1) is 0 Å². The average molecular weight is 271 g/mol. The zero-order valence-corrected chi connectivity index (χ0v) is 11.3. The lowest BCUT2D eigenvalue weighted by molar-refractivity contribution is 0.322. The van der Waals surface area contributed by atoms with Crippen LogP contribution in [0.15, 0.2) is 4.79 Å². The summed E-state index contributed by atoms with van der Waals surface area (Å²) in [5, 5.41) is 8.77. The molecule has 0 fully saturated rings. The predicted octanol–water partition coefficient (Wildman–Crippen LogP) is -0.741. The van der Waals surface area contributed by atoms with Crippen molar-refractivity contribution in [3.8, 4) is 0 Å². The molecular formula is C10H17N5O2S. The van der Waals surface area contributed by atoms with E-state index < -0.39 is 0 Å². The summed E-state index contributed by atoms with van der Waals surface area (Å²) in [5.74, 6) is 2.18. The molecule has 0 spiro atoms. The minimum Gasteiger partial charge on any atom is -0.396 e. The molecule has 3 N–H and O–H groups in total. The lowest BCUT2D eigenvalue weighted by Gasteiger charge is -2.17. The van der Waals surface area contributed by atoms with Crippen LogP contribution in [0.2, 0.25) is 0 Å². The van der Waals surface area contributed by atoms with Crippen LogP contribution in [0.25, 0.3) is 0 Å². The Kier molecular flexibility index (Phi) is 3.67. The van der Waals surface area contributed by atoms with Crippen LogP contribution in [-0.2, 0) is 7.05 Å². The highest BCUT2D eigenvalue weighted by Gasteiger charge is 2.29. The molecule has 0 bridgehead atoms. The van der Waals surface area contributed by atoms with Gasteiger partial charge in [0.25, 0.3) is 5.56 Å². The number of nitrogens with zero attached hydrogens (tertiary/aromatic N) is 4. The summed E-state index contributed by atoms with van der Waals surface area (Å²) in [6.45, 7) is 0.757. The summed E-state index contributed by atoms with van der Waals surface area (Å²) in [6, 6.07) is 0. The maximum atomic E-state index is 12.1. The molecule has 0 radical (unpaired) electrons. The van der Waals surface area contributed by atoms with Crippen LogP contribution in [0.1, 0.15) is 0 Å². The fourth-order valence-corrected chi connectivity index (χ4v) is 2.57. The minimum atomic E-state index is -0.130. The van der Waals surface area contributed by atoms with E-state index in [0.717, 1.165) is 0 Å². The van der Waals surface area contributed by atoms with Gasteiger partial charge in [0, 0.05) is 19.8 Å². The summed E-state index contributed by atoms with van der Waals surface area (Å²) >= 11 is 1.59. The SMILES string of the molecule is CN1CN(CSCCO)c2nc(N)n(C)c(=O)c21. The van der Waals surface area contributed by atoms with E-state index >= 15 is 0 Å². The first-order valence-corrected chi connectivity index (χ1v) is 6.73. The van der Waals surface area contributed by atoms with Crippen molar-refractivity contribution in [1.29, 1.82) is 0 Å². The van der Waals surface area contributed by atoms with Gasteiger partial charge in [-0.3, -0.25) is 9.36 Å². The fourth-order valence-electron chi connectivity index (χ4n) is 1.88. The number of rotatable bonds is 4. The Bertz CT molecular complexity index is 504. The topological polar surface area (TPSA) is 87.6 Å². The lowest BCUT2D eigenvalue weighted by Crippen LogP contribution is -2.29. The molecular weight excluding hydrogens is 254 g/mol. The monoisotopic (exact) mass is 271 g/mol. The Labute approximate surface area is 109 Å². The Hall–Kier alpha value is -1.41. The number of thioether (sulfide) groups is 1. The minimum absolute atomic E-state index is 0.130. The Morgan fingerprint density at radius 2 is 2.22 bits per heavy atom. The zero-order chi connectivity index (χ0) is 13.3. The van der Waals surface area contributed by atoms with Gasteiger partial charge in [0.15, 0.2) is 5.82 Å². The van der Waals surface area contributed by atoms with Crippen molar-refractivity contribution in [2.45, 2.75) is 0 Å². The molecule has 0 atom stereocenters. The van der Waals surface area contributed by atoms with Gasteiger partial charge in [0.05, 0.1) is 19.2 Å². The molecule has 7 nitrogen and oxygen atoms in total. The van der Waals surface area contributed by atoms with Crippen molar-refractivity contribution in [2.75, 3.05) is 47.5 Å². The molecule has 1 aliphatic rings. The van der Waals surface area contributed by atoms with Crippen molar-refractivity contribution in [2.24, 2.45) is 7.05 Å². The maximum absolute atomic E-state index is 12.1. The van der Waals surface area contributed by atoms with Crippen molar-refractivity contribution in [3.63, 3.8) is 0 Å². The van der Waals surface area contributed by atoms with E-state index in [2.05, 4.69) is 4.98 Å². The normalized spacial score (nSPS) is 14.2. The molecule has 0 saturated carbocycles. The van der Waals surface area contributed by atoms with Gasteiger partial charge < -0.3 is 20.6 Å². The summed E-state index contributed by atoms with van der Waals surface area (Å²) in [5.41, 5.74) is 6.17. The second-order valence-corrected chi connectivity index (χ2v) is 5.22. The average Bonchev–Trinajstić information content (AvgIpc) is 2.63. The fraction of sp³-hybridized carbons (Fsp3) is 0.600. The van der Waals surface area contributed by atoms with Crippen LogP contribution in [0.4, 0.5) is 17.5 Å². The highest BCUT2D eigenvalue weighted by molar-refractivity contribution is 7.99. The third-order valence-corrected chi connectivity index (χ3v) is 3.80. The van der Waals surface area contributed by atoms with E-state index in [1.807, 2.05) is 16.8 Å². The molecule has 0 amide bonds. The van der Waals surface area contributed by atoms with Gasteiger partial charge in [-0.25, -0.2) is 0 Å². The standard InChI is InChI=1S/C10H17N5O2S/c1-13-5-15(6-18-4-3-16)8-7(13)9(17)14(2)10(11)12-8/h16H,3-6H2,1-2H3,(H2,11,12). The van der Waals surface area contributed by atoms with E-state index in [9.17, 15) is 4.79 Å². The second-order valence-electron chi connectivity index (χ2n) is 4.15. The Balaban J connectivity index is 2.32. The van der Waals surface area contributed by atoms with E-state index in [-0.39, 0.29) is 18.1 Å². The molecule has 0 unspecified atom stereocenters. The Morgan fingerprint density at radius 3 is 2.89 bits per heavy atom. The molecule has 1 aromatic heterocycles. The van der Waals surface area contributed by atoms with Crippen LogP contribution in [0.5, 0.6) is 0 Å². The van der Waals surface area contributed by atoms with Gasteiger partial charge in [0.1, 0.15) is 5.69 Å². The number of aliphatic hydroxyl groups excluding tert-OH is 1. The van der Waals surface area contributed by atoms with Gasteiger partial charge >= 0.3 is 0 Å². The van der Waals surface area contributed by atoms with Crippen molar-refractivity contribution < 1.29 is 5.11 Å². The van der Waals surface area contributed by atoms with E-state index in [1.165, 1.54) is 4.57 Å². The van der Waals surface area contributed by atoms with Crippen molar-refractivity contribution in [1.82, 2.24) is 9.55 Å². The molecule has 0 aliphatic carbocycles. The number of nitrogen functional groups attached to an aromatic ring is 1. The molecule has 100 valence electrons. The maximum Gasteiger partial charge on any atom is 0.280 e. The van der Waals surface area contributed by atoms with E-state index in [4.69, 9.17) is 10.8 Å². The number of aromatic nitrogens is 2. The number of hydrogen-bond donors (Lipinski definition) is 2. The van der Waals surface area contributed by atoms with E-state index in [0.29, 0.717) is 29.8 Å². The first-order valence-electron chi connectivity index (χ1n) is 5.57. The van der Waals surface area contributed by atoms with Crippen LogP contribution < -0.4 is 21.1 Å². The molecule has 2 rings (SSSR count). The predicted molar refractivity (Wildman–Crippen MR) is 74.1 cm³/mol. The first-order chi connectivity index (χ1) is 8.56. The van der Waals surface area contributed by atoms with Gasteiger partial charge in [-0.2, -0.15) is 4.98 Å². The molecule has 1 aliphatic heterocycles. The number of anilines is 3. The van der Waals surface area contributed by atoms with Gasteiger partial charge in [-0.15, -0.1) is 11.8 Å². The highest BCUT2D eigenvalue weighted by Crippen LogP contribution is 2.31. The number of fused-ring (bicyclic) bond motifs is 1. The summed E-state index contributed by atoms with van der Waals surface area (Å²) in [6.07, 6.45) is 0. The van der Waals surface area contributed by atoms with Crippen LogP contribution in [0.3, 0.4) is 0 Å². The second kappa shape index (κ2) is 5.07. The quantitative estimate of drug-likeness (QED) is 0.697. The lowest BCUT2D eigenvalue weighted by atomic mass is 10.4. The molecule has 0 aromatic carbocycles. The number of nitrogens with two attached hydrogens (primary N) is 1. The van der Waals surface area contributed by atoms with Gasteiger partial charge in [-0.05, 0) is 0 Å². The largest absolute Gasteiger partial charge is 0.396 e. The molecule has 2 heterocycles. The first kappa shape index (κ1) is 13.0. The molecule has 1 aromatic rings. The van der Waals surface area contributed by atoms with Gasteiger partial charge in [-0.1, -0.05) is 0 Å². The summed E-state index contributed by atoms with van der Waals surface area (Å²) in [4.78, 5) is 20.2. The van der Waals surface area contributed by atoms with Crippen molar-refractivity contribution >= 4 is 29.2 Å². The van der Waals surface area contributed by atoms with E-state index in [1.54, 1.807) is 18.8 Å². The smallest absolute Gasteiger partial charge is 0.280 e. The molecule has 18 heavy (non-hydrogen) atoms. The number of hydrogen-bond acceptors (Lipinski definition) is 7. The summed E-state index contributed by atoms with van der Waals surface area (Å²) in [7, 11) is 3.47. The zero-order valence-electron chi connectivity index (χ0n) is 10.5. The van der Waals surface area contributed by atoms with Crippen LogP contribution in [-0.4, -0.2) is 46.6 Å². The number of aliphatic hydroxyl groups is 1. The summed E-state index contributed by atoms with van der Waals surface area (Å²) < 4.78 is 1.35. The van der Waals surface area contributed by atoms with Crippen LogP contribution >= 0.6 is 11.8 Å². The third kappa shape index (κ3) is 2.13. The highest BCUT2D eigenvalue weighted by atomic mass is 32.2. The Morgan fingerprint density at radius 1 is 1.50 bits per heavy atom. The van der Waals surface area contributed by atoms with Crippen molar-refractivity contribution in [3.05, 3.63) is 10.4 Å². The third-order valence-electron chi connectivity index (χ3n) is 2.83. The van der Waals surface area contributed by atoms with Gasteiger partial charge in [0.2, 0.25) is 5.95 Å². The molecule has 0 saturated heterocycles. The molecule has 8 heteroatoms.